The first-order valence-electron chi connectivity index (χ1n) is 8.17. The second-order valence-corrected chi connectivity index (χ2v) is 8.22. The van der Waals surface area contributed by atoms with E-state index in [1.54, 1.807) is 14.1 Å². The summed E-state index contributed by atoms with van der Waals surface area (Å²) in [6.45, 7) is 6.44. The summed E-state index contributed by atoms with van der Waals surface area (Å²) in [7, 11) is -0.901. The highest BCUT2D eigenvalue weighted by Gasteiger charge is 2.23. The molecule has 0 aliphatic rings. The maximum Gasteiger partial charge on any atom is 0.328 e. The summed E-state index contributed by atoms with van der Waals surface area (Å²) in [5.74, 6) is -0.317. The highest BCUT2D eigenvalue weighted by molar-refractivity contribution is 7.90. The molecule has 0 heterocycles. The van der Waals surface area contributed by atoms with Crippen LogP contribution < -0.4 is 10.0 Å². The fourth-order valence-electron chi connectivity index (χ4n) is 2.07. The third-order valence-electron chi connectivity index (χ3n) is 4.41. The Labute approximate surface area is 149 Å². The molecular formula is C17H27N3O4S. The Hall–Kier alpha value is -2.09. The Morgan fingerprint density at radius 3 is 2.28 bits per heavy atom. The van der Waals surface area contributed by atoms with Crippen LogP contribution in [0.25, 0.3) is 0 Å². The van der Waals surface area contributed by atoms with Crippen molar-refractivity contribution in [2.45, 2.75) is 38.5 Å². The van der Waals surface area contributed by atoms with Crippen LogP contribution in [-0.4, -0.2) is 45.9 Å². The quantitative estimate of drug-likeness (QED) is 0.770. The molecule has 0 fully saturated rings. The third-order valence-corrected chi connectivity index (χ3v) is 5.74. The zero-order valence-corrected chi connectivity index (χ0v) is 16.2. The monoisotopic (exact) mass is 369 g/mol. The molecule has 0 saturated carbocycles. The number of rotatable bonds is 7. The lowest BCUT2D eigenvalue weighted by Crippen LogP contribution is -2.43. The first-order chi connectivity index (χ1) is 11.5. The molecule has 0 saturated heterocycles. The molecule has 0 atom stereocenters. The number of hydrogen-bond donors (Lipinski definition) is 2. The van der Waals surface area contributed by atoms with Gasteiger partial charge in [0, 0.05) is 26.2 Å². The topological polar surface area (TPSA) is 95.6 Å². The van der Waals surface area contributed by atoms with Crippen molar-refractivity contribution in [1.82, 2.24) is 14.9 Å². The van der Waals surface area contributed by atoms with Crippen molar-refractivity contribution in [3.8, 4) is 0 Å². The van der Waals surface area contributed by atoms with E-state index in [-0.39, 0.29) is 21.8 Å². The number of nitrogens with one attached hydrogen (secondary N) is 2. The van der Waals surface area contributed by atoms with Crippen LogP contribution in [0.2, 0.25) is 0 Å². The second kappa shape index (κ2) is 8.33. The second-order valence-electron chi connectivity index (χ2n) is 6.53. The molecule has 1 aromatic rings. The van der Waals surface area contributed by atoms with Crippen molar-refractivity contribution in [2.24, 2.45) is 5.41 Å². The summed E-state index contributed by atoms with van der Waals surface area (Å²) < 4.78 is 26.7. The highest BCUT2D eigenvalue weighted by Crippen LogP contribution is 2.23. The van der Waals surface area contributed by atoms with Gasteiger partial charge in [-0.25, -0.2) is 17.9 Å². The fraction of sp³-hybridized carbons (Fsp3) is 0.529. The molecule has 8 heteroatoms. The lowest BCUT2D eigenvalue weighted by atomic mass is 9.85. The van der Waals surface area contributed by atoms with Gasteiger partial charge in [0.05, 0.1) is 4.90 Å². The van der Waals surface area contributed by atoms with Gasteiger partial charge in [-0.1, -0.05) is 26.8 Å². The lowest BCUT2D eigenvalue weighted by molar-refractivity contribution is 0.0827. The van der Waals surface area contributed by atoms with E-state index < -0.39 is 16.1 Å². The summed E-state index contributed by atoms with van der Waals surface area (Å²) in [6.07, 6.45) is 1.73. The molecule has 3 amide bonds. The molecule has 25 heavy (non-hydrogen) atoms. The molecule has 0 unspecified atom stereocenters. The van der Waals surface area contributed by atoms with Gasteiger partial charge in [0.1, 0.15) is 0 Å². The molecule has 7 nitrogen and oxygen atoms in total. The number of amides is 3. The van der Waals surface area contributed by atoms with Gasteiger partial charge in [-0.05, 0) is 36.5 Å². The predicted molar refractivity (Wildman–Crippen MR) is 96.9 cm³/mol. The van der Waals surface area contributed by atoms with Crippen LogP contribution >= 0.6 is 0 Å². The van der Waals surface area contributed by atoms with Crippen LogP contribution in [0, 0.1) is 5.41 Å². The van der Waals surface area contributed by atoms with E-state index >= 15 is 0 Å². The van der Waals surface area contributed by atoms with Crippen molar-refractivity contribution < 1.29 is 18.0 Å². The largest absolute Gasteiger partial charge is 0.345 e. The standard InChI is InChI=1S/C17H27N3O4S/c1-6-17(3,7-2)12-18-16(22)19-25(23,24)14-10-8-9-13(11-14)15(21)20(4)5/h8-11H,6-7,12H2,1-5H3,(H2,18,19,22). The summed E-state index contributed by atoms with van der Waals surface area (Å²) >= 11 is 0. The summed E-state index contributed by atoms with van der Waals surface area (Å²) in [6, 6.07) is 4.80. The lowest BCUT2D eigenvalue weighted by Gasteiger charge is -2.26. The molecule has 0 aliphatic heterocycles. The Bertz CT molecular complexity index is 725. The number of urea groups is 1. The minimum atomic E-state index is -4.06. The summed E-state index contributed by atoms with van der Waals surface area (Å²) in [4.78, 5) is 25.1. The maximum absolute atomic E-state index is 12.4. The molecule has 140 valence electrons. The van der Waals surface area contributed by atoms with Crippen LogP contribution in [0.1, 0.15) is 44.0 Å². The van der Waals surface area contributed by atoms with E-state index in [2.05, 4.69) is 5.32 Å². The Kier molecular flexibility index (Phi) is 6.98. The zero-order chi connectivity index (χ0) is 19.3. The van der Waals surface area contributed by atoms with Crippen molar-refractivity contribution in [3.63, 3.8) is 0 Å². The number of carbonyl (C=O) groups is 2. The average molecular weight is 369 g/mol. The van der Waals surface area contributed by atoms with Crippen molar-refractivity contribution in [2.75, 3.05) is 20.6 Å². The Balaban J connectivity index is 2.87. The van der Waals surface area contributed by atoms with Crippen LogP contribution in [0.4, 0.5) is 4.79 Å². The van der Waals surface area contributed by atoms with Gasteiger partial charge in [0.15, 0.2) is 0 Å². The molecule has 1 aromatic carbocycles. The third kappa shape index (κ3) is 5.74. The van der Waals surface area contributed by atoms with Crippen LogP contribution in [0.15, 0.2) is 29.2 Å². The first-order valence-corrected chi connectivity index (χ1v) is 9.65. The molecule has 0 bridgehead atoms. The van der Waals surface area contributed by atoms with Crippen molar-refractivity contribution >= 4 is 22.0 Å². The Morgan fingerprint density at radius 2 is 1.76 bits per heavy atom. The van der Waals surface area contributed by atoms with Gasteiger partial charge in [-0.2, -0.15) is 0 Å². The van der Waals surface area contributed by atoms with Crippen LogP contribution in [-0.2, 0) is 10.0 Å². The van der Waals surface area contributed by atoms with Crippen LogP contribution in [0.3, 0.4) is 0 Å². The number of nitrogens with zero attached hydrogens (tertiary/aromatic N) is 1. The smallest absolute Gasteiger partial charge is 0.328 e. The number of sulfonamides is 1. The molecule has 0 spiro atoms. The normalized spacial score (nSPS) is 11.7. The molecule has 1 rings (SSSR count). The predicted octanol–water partition coefficient (Wildman–Crippen LogP) is 2.20. The maximum atomic E-state index is 12.4. The van der Waals surface area contributed by atoms with Gasteiger partial charge in [0.25, 0.3) is 15.9 Å². The minimum absolute atomic E-state index is 0.0842. The molecular weight excluding hydrogens is 342 g/mol. The molecule has 2 N–H and O–H groups in total. The van der Waals surface area contributed by atoms with E-state index in [1.165, 1.54) is 29.2 Å². The van der Waals surface area contributed by atoms with Crippen molar-refractivity contribution in [3.05, 3.63) is 29.8 Å². The zero-order valence-electron chi connectivity index (χ0n) is 15.4. The minimum Gasteiger partial charge on any atom is -0.345 e. The van der Waals surface area contributed by atoms with E-state index in [9.17, 15) is 18.0 Å². The van der Waals surface area contributed by atoms with Crippen molar-refractivity contribution in [1.29, 1.82) is 0 Å². The molecule has 0 aromatic heterocycles. The van der Waals surface area contributed by atoms with E-state index in [4.69, 9.17) is 0 Å². The number of benzene rings is 1. The van der Waals surface area contributed by atoms with Gasteiger partial charge in [0.2, 0.25) is 0 Å². The van der Waals surface area contributed by atoms with Gasteiger partial charge in [-0.3, -0.25) is 4.79 Å². The van der Waals surface area contributed by atoms with Gasteiger partial charge < -0.3 is 10.2 Å². The number of hydrogen-bond acceptors (Lipinski definition) is 4. The molecule has 0 aliphatic carbocycles. The van der Waals surface area contributed by atoms with Gasteiger partial charge in [-0.15, -0.1) is 0 Å². The number of carbonyl (C=O) groups excluding carboxylic acids is 2. The van der Waals surface area contributed by atoms with Gasteiger partial charge >= 0.3 is 6.03 Å². The SMILES string of the molecule is CCC(C)(CC)CNC(=O)NS(=O)(=O)c1cccc(C(=O)N(C)C)c1. The fourth-order valence-corrected chi connectivity index (χ4v) is 3.04. The molecule has 0 radical (unpaired) electrons. The van der Waals surface area contributed by atoms with E-state index in [0.29, 0.717) is 6.54 Å². The van der Waals surface area contributed by atoms with E-state index in [0.717, 1.165) is 12.8 Å². The average Bonchev–Trinajstić information content (AvgIpc) is 2.58. The summed E-state index contributed by atoms with van der Waals surface area (Å²) in [5.41, 5.74) is 0.150. The first kappa shape index (κ1) is 21.0. The van der Waals surface area contributed by atoms with E-state index in [1.807, 2.05) is 25.5 Å². The Morgan fingerprint density at radius 1 is 1.16 bits per heavy atom. The van der Waals surface area contributed by atoms with Crippen LogP contribution in [0.5, 0.6) is 0 Å². The highest BCUT2D eigenvalue weighted by atomic mass is 32.2. The summed E-state index contributed by atoms with van der Waals surface area (Å²) in [5, 5.41) is 2.60.